The Balaban J connectivity index is 1.74. The number of benzene rings is 1. The van der Waals surface area contributed by atoms with E-state index in [4.69, 9.17) is 11.6 Å². The van der Waals surface area contributed by atoms with E-state index in [1.807, 2.05) is 0 Å². The number of nitrogens with one attached hydrogen (secondary N) is 1. The molecule has 0 spiro atoms. The third-order valence-corrected chi connectivity index (χ3v) is 4.72. The first-order valence-corrected chi connectivity index (χ1v) is 8.90. The first-order valence-electron chi connectivity index (χ1n) is 8.52. The van der Waals surface area contributed by atoms with Crippen LogP contribution in [-0.2, 0) is 11.3 Å². The van der Waals surface area contributed by atoms with Crippen molar-refractivity contribution < 1.29 is 14.1 Å². The molecule has 1 atom stereocenters. The molecule has 2 aromatic heterocycles. The van der Waals surface area contributed by atoms with Crippen molar-refractivity contribution in [3.05, 3.63) is 62.4 Å². The summed E-state index contributed by atoms with van der Waals surface area (Å²) in [6.07, 6.45) is 1.33. The van der Waals surface area contributed by atoms with E-state index >= 15 is 0 Å². The topological polar surface area (TPSA) is 121 Å². The summed E-state index contributed by atoms with van der Waals surface area (Å²) < 4.78 is 16.5. The first kappa shape index (κ1) is 20.4. The number of aromatic nitrogens is 5. The molecule has 1 unspecified atom stereocenters. The van der Waals surface area contributed by atoms with Gasteiger partial charge in [0.2, 0.25) is 5.95 Å². The molecule has 0 saturated carbocycles. The molecule has 3 rings (SSSR count). The first-order chi connectivity index (χ1) is 13.7. The average Bonchev–Trinajstić information content (AvgIpc) is 3.21. The number of carbonyl (C=O) groups is 1. The van der Waals surface area contributed by atoms with Gasteiger partial charge in [0.25, 0.3) is 5.91 Å². The summed E-state index contributed by atoms with van der Waals surface area (Å²) in [5, 5.41) is 22.1. The second kappa shape index (κ2) is 7.95. The van der Waals surface area contributed by atoms with Gasteiger partial charge in [0, 0.05) is 10.6 Å². The Morgan fingerprint density at radius 3 is 2.72 bits per heavy atom. The largest absolute Gasteiger partial charge is 0.312 e. The van der Waals surface area contributed by atoms with Crippen molar-refractivity contribution in [1.82, 2.24) is 24.5 Å². The Morgan fingerprint density at radius 2 is 2.10 bits per heavy atom. The van der Waals surface area contributed by atoms with E-state index in [9.17, 15) is 19.3 Å². The van der Waals surface area contributed by atoms with E-state index in [-0.39, 0.29) is 40.2 Å². The number of anilines is 1. The number of halogens is 2. The third kappa shape index (κ3) is 4.09. The molecule has 0 aliphatic carbocycles. The third-order valence-electron chi connectivity index (χ3n) is 4.37. The molecule has 0 aliphatic heterocycles. The standard InChI is InChI=1S/C17H17ClFN7O3/c1-9-15(26(28)29)10(2)25(22-9)11(3)16(27)21-17-20-8-24(23-17)7-12-13(18)5-4-6-14(12)19/h4-6,8,11H,7H2,1-3H3,(H,21,23,27). The van der Waals surface area contributed by atoms with Crippen molar-refractivity contribution in [2.24, 2.45) is 0 Å². The summed E-state index contributed by atoms with van der Waals surface area (Å²) in [5.41, 5.74) is 0.605. The van der Waals surface area contributed by atoms with Crippen LogP contribution in [0.2, 0.25) is 5.02 Å². The van der Waals surface area contributed by atoms with Gasteiger partial charge in [-0.25, -0.2) is 14.1 Å². The summed E-state index contributed by atoms with van der Waals surface area (Å²) in [7, 11) is 0. The molecule has 2 heterocycles. The van der Waals surface area contributed by atoms with Gasteiger partial charge in [-0.1, -0.05) is 17.7 Å². The van der Waals surface area contributed by atoms with Gasteiger partial charge in [0.05, 0.1) is 11.5 Å². The molecule has 29 heavy (non-hydrogen) atoms. The fraction of sp³-hybridized carbons (Fsp3) is 0.294. The predicted molar refractivity (Wildman–Crippen MR) is 102 cm³/mol. The normalized spacial score (nSPS) is 12.0. The molecule has 1 N–H and O–H groups in total. The van der Waals surface area contributed by atoms with E-state index in [1.54, 1.807) is 13.0 Å². The van der Waals surface area contributed by atoms with Crippen LogP contribution in [0.3, 0.4) is 0 Å². The van der Waals surface area contributed by atoms with Crippen LogP contribution < -0.4 is 5.32 Å². The highest BCUT2D eigenvalue weighted by Gasteiger charge is 2.27. The molecule has 0 aliphatic rings. The summed E-state index contributed by atoms with van der Waals surface area (Å²) in [4.78, 5) is 27.1. The molecule has 3 aromatic rings. The Bertz CT molecular complexity index is 1070. The van der Waals surface area contributed by atoms with Gasteiger partial charge in [-0.3, -0.25) is 24.9 Å². The Kier molecular flexibility index (Phi) is 5.59. The zero-order valence-corrected chi connectivity index (χ0v) is 16.5. The second-order valence-electron chi connectivity index (χ2n) is 6.35. The number of hydrogen-bond acceptors (Lipinski definition) is 6. The van der Waals surface area contributed by atoms with Gasteiger partial charge in [0.15, 0.2) is 0 Å². The lowest BCUT2D eigenvalue weighted by molar-refractivity contribution is -0.386. The number of carbonyl (C=O) groups excluding carboxylic acids is 1. The maximum Gasteiger partial charge on any atom is 0.312 e. The summed E-state index contributed by atoms with van der Waals surface area (Å²) >= 11 is 6.00. The van der Waals surface area contributed by atoms with Gasteiger partial charge >= 0.3 is 5.69 Å². The molecule has 0 fully saturated rings. The van der Waals surface area contributed by atoms with Crippen LogP contribution in [0.15, 0.2) is 24.5 Å². The lowest BCUT2D eigenvalue weighted by Gasteiger charge is -2.12. The molecule has 0 radical (unpaired) electrons. The van der Waals surface area contributed by atoms with Crippen LogP contribution in [0.5, 0.6) is 0 Å². The van der Waals surface area contributed by atoms with Crippen LogP contribution in [-0.4, -0.2) is 35.4 Å². The molecule has 12 heteroatoms. The number of nitro groups is 1. The number of rotatable bonds is 6. The minimum atomic E-state index is -0.838. The summed E-state index contributed by atoms with van der Waals surface area (Å²) in [5.74, 6) is -0.976. The highest BCUT2D eigenvalue weighted by Crippen LogP contribution is 2.25. The van der Waals surface area contributed by atoms with Crippen molar-refractivity contribution in [1.29, 1.82) is 0 Å². The van der Waals surface area contributed by atoms with Crippen molar-refractivity contribution in [3.8, 4) is 0 Å². The van der Waals surface area contributed by atoms with Gasteiger partial charge < -0.3 is 0 Å². The predicted octanol–water partition coefficient (Wildman–Crippen LogP) is 3.04. The number of aryl methyl sites for hydroxylation is 1. The van der Waals surface area contributed by atoms with Crippen LogP contribution in [0, 0.1) is 29.8 Å². The molecular weight excluding hydrogens is 405 g/mol. The zero-order valence-electron chi connectivity index (χ0n) is 15.8. The number of nitrogens with zero attached hydrogens (tertiary/aromatic N) is 6. The van der Waals surface area contributed by atoms with Crippen LogP contribution in [0.25, 0.3) is 0 Å². The molecular formula is C17H17ClFN7O3. The van der Waals surface area contributed by atoms with Crippen molar-refractivity contribution >= 4 is 29.1 Å². The van der Waals surface area contributed by atoms with Gasteiger partial charge in [-0.15, -0.1) is 5.10 Å². The van der Waals surface area contributed by atoms with E-state index in [1.165, 1.54) is 41.7 Å². The Morgan fingerprint density at radius 1 is 1.38 bits per heavy atom. The smallest absolute Gasteiger partial charge is 0.291 e. The van der Waals surface area contributed by atoms with E-state index in [2.05, 4.69) is 20.5 Å². The fourth-order valence-corrected chi connectivity index (χ4v) is 3.12. The maximum atomic E-state index is 13.9. The Labute approximate surface area is 169 Å². The quantitative estimate of drug-likeness (QED) is 0.482. The molecule has 0 bridgehead atoms. The molecule has 10 nitrogen and oxygen atoms in total. The zero-order chi connectivity index (χ0) is 21.3. The lowest BCUT2D eigenvalue weighted by atomic mass is 10.2. The molecule has 152 valence electrons. The van der Waals surface area contributed by atoms with E-state index < -0.39 is 22.7 Å². The van der Waals surface area contributed by atoms with Crippen molar-refractivity contribution in [2.45, 2.75) is 33.4 Å². The van der Waals surface area contributed by atoms with Crippen LogP contribution in [0.1, 0.15) is 29.9 Å². The fourth-order valence-electron chi connectivity index (χ4n) is 2.89. The summed E-state index contributed by atoms with van der Waals surface area (Å²) in [6, 6.07) is 3.51. The average molecular weight is 422 g/mol. The minimum Gasteiger partial charge on any atom is -0.291 e. The lowest BCUT2D eigenvalue weighted by Crippen LogP contribution is -2.26. The molecule has 0 saturated heterocycles. The minimum absolute atomic E-state index is 0.00495. The van der Waals surface area contributed by atoms with Gasteiger partial charge in [-0.05, 0) is 32.9 Å². The molecule has 1 amide bonds. The van der Waals surface area contributed by atoms with Gasteiger partial charge in [-0.2, -0.15) is 5.10 Å². The maximum absolute atomic E-state index is 13.9. The van der Waals surface area contributed by atoms with Crippen LogP contribution >= 0.6 is 11.6 Å². The number of hydrogen-bond donors (Lipinski definition) is 1. The highest BCUT2D eigenvalue weighted by atomic mass is 35.5. The Hall–Kier alpha value is -3.34. The van der Waals surface area contributed by atoms with Crippen molar-refractivity contribution in [2.75, 3.05) is 5.32 Å². The summed E-state index contributed by atoms with van der Waals surface area (Å²) in [6.45, 7) is 4.61. The second-order valence-corrected chi connectivity index (χ2v) is 6.76. The molecule has 1 aromatic carbocycles. The van der Waals surface area contributed by atoms with E-state index in [0.717, 1.165) is 0 Å². The number of amides is 1. The van der Waals surface area contributed by atoms with E-state index in [0.29, 0.717) is 0 Å². The monoisotopic (exact) mass is 421 g/mol. The SMILES string of the molecule is Cc1nn(C(C)C(=O)Nc2ncn(Cc3c(F)cccc3Cl)n2)c(C)c1[N+](=O)[O-]. The highest BCUT2D eigenvalue weighted by molar-refractivity contribution is 6.31. The van der Waals surface area contributed by atoms with Crippen LogP contribution in [0.4, 0.5) is 16.0 Å². The van der Waals surface area contributed by atoms with Gasteiger partial charge in [0.1, 0.15) is 29.6 Å². The van der Waals surface area contributed by atoms with Crippen molar-refractivity contribution in [3.63, 3.8) is 0 Å².